The van der Waals surface area contributed by atoms with E-state index in [9.17, 15) is 0 Å². The van der Waals surface area contributed by atoms with E-state index in [2.05, 4.69) is 27.0 Å². The molecule has 0 saturated heterocycles. The van der Waals surface area contributed by atoms with Gasteiger partial charge in [-0.05, 0) is 26.0 Å². The second-order valence-electron chi connectivity index (χ2n) is 3.44. The number of quaternary nitrogens is 1. The molecule has 1 aromatic rings. The number of hydrogen-bond donors (Lipinski definition) is 1. The highest BCUT2D eigenvalue weighted by molar-refractivity contribution is 6.30. The molecule has 0 aliphatic carbocycles. The van der Waals surface area contributed by atoms with E-state index in [0.717, 1.165) is 5.02 Å². The van der Waals surface area contributed by atoms with Gasteiger partial charge in [-0.25, -0.2) is 0 Å². The molecule has 2 N–H and O–H groups in total. The molecule has 0 heterocycles. The van der Waals surface area contributed by atoms with Crippen LogP contribution >= 0.6 is 11.6 Å². The van der Waals surface area contributed by atoms with E-state index in [-0.39, 0.29) is 5.54 Å². The van der Waals surface area contributed by atoms with E-state index >= 15 is 0 Å². The molecule has 0 radical (unpaired) electrons. The number of benzene rings is 1. The molecule has 0 aromatic heterocycles. The van der Waals surface area contributed by atoms with Gasteiger partial charge < -0.3 is 5.32 Å². The zero-order chi connectivity index (χ0) is 9.19. The Balaban J connectivity index is 3.03. The highest BCUT2D eigenvalue weighted by Crippen LogP contribution is 2.19. The van der Waals surface area contributed by atoms with E-state index < -0.39 is 0 Å². The van der Waals surface area contributed by atoms with Gasteiger partial charge in [0.1, 0.15) is 0 Å². The van der Waals surface area contributed by atoms with Crippen LogP contribution in [0.15, 0.2) is 24.3 Å². The van der Waals surface area contributed by atoms with Crippen LogP contribution in [0.2, 0.25) is 5.02 Å². The molecule has 0 aliphatic heterocycles. The van der Waals surface area contributed by atoms with Gasteiger partial charge in [-0.2, -0.15) is 7.05 Å². The zero-order valence-corrected chi connectivity index (χ0v) is 8.23. The summed E-state index contributed by atoms with van der Waals surface area (Å²) in [5.41, 5.74) is 1.20. The third-order valence-electron chi connectivity index (χ3n) is 2.08. The summed E-state index contributed by atoms with van der Waals surface area (Å²) in [5, 5.41) is 2.71. The minimum Gasteiger partial charge on any atom is -0.471 e. The normalized spacial score (nSPS) is 11.7. The summed E-state index contributed by atoms with van der Waals surface area (Å²) in [6.07, 6.45) is 0. The van der Waals surface area contributed by atoms with Crippen LogP contribution in [0.3, 0.4) is 0 Å². The van der Waals surface area contributed by atoms with E-state index in [1.54, 1.807) is 0 Å². The number of rotatable bonds is 2. The standard InChI is InChI=1S/C10H14ClN/c1-10(2,12-3)8-5-4-6-9(11)7-8/h4-7H,3,12H2,1-2H3. The van der Waals surface area contributed by atoms with Gasteiger partial charge in [0.15, 0.2) is 0 Å². The van der Waals surface area contributed by atoms with Gasteiger partial charge in [0.25, 0.3) is 0 Å². The highest BCUT2D eigenvalue weighted by Gasteiger charge is 2.18. The summed E-state index contributed by atoms with van der Waals surface area (Å²) in [5.74, 6) is 0. The lowest BCUT2D eigenvalue weighted by atomic mass is 9.95. The first kappa shape index (κ1) is 9.56. The summed E-state index contributed by atoms with van der Waals surface area (Å²) in [4.78, 5) is 0. The van der Waals surface area contributed by atoms with Crippen LogP contribution in [0.5, 0.6) is 0 Å². The third kappa shape index (κ3) is 1.99. The summed E-state index contributed by atoms with van der Waals surface area (Å²) in [6.45, 7) is 4.23. The summed E-state index contributed by atoms with van der Waals surface area (Å²) in [7, 11) is 3.80. The van der Waals surface area contributed by atoms with Crippen molar-refractivity contribution >= 4 is 11.6 Å². The fourth-order valence-electron chi connectivity index (χ4n) is 1.01. The fourth-order valence-corrected chi connectivity index (χ4v) is 1.20. The van der Waals surface area contributed by atoms with Crippen molar-refractivity contribution in [2.75, 3.05) is 0 Å². The van der Waals surface area contributed by atoms with Crippen molar-refractivity contribution < 1.29 is 5.32 Å². The minimum absolute atomic E-state index is 0.00486. The second-order valence-corrected chi connectivity index (χ2v) is 3.87. The molecule has 0 spiro atoms. The van der Waals surface area contributed by atoms with Crippen LogP contribution in [0, 0.1) is 7.05 Å². The fraction of sp³-hybridized carbons (Fsp3) is 0.300. The molecule has 0 saturated carbocycles. The Morgan fingerprint density at radius 2 is 2.08 bits per heavy atom. The SMILES string of the molecule is [CH2-][NH2+]C(C)(C)c1cccc(Cl)c1. The molecule has 0 amide bonds. The predicted molar refractivity (Wildman–Crippen MR) is 51.8 cm³/mol. The molecular formula is C10H14ClN. The zero-order valence-electron chi connectivity index (χ0n) is 7.47. The van der Waals surface area contributed by atoms with E-state index in [1.807, 2.05) is 23.5 Å². The number of hydrogen-bond acceptors (Lipinski definition) is 0. The Labute approximate surface area is 78.7 Å². The van der Waals surface area contributed by atoms with Gasteiger partial charge in [-0.3, -0.25) is 0 Å². The van der Waals surface area contributed by atoms with Crippen molar-refractivity contribution in [3.63, 3.8) is 0 Å². The molecule has 0 unspecified atom stereocenters. The molecule has 66 valence electrons. The van der Waals surface area contributed by atoms with Gasteiger partial charge in [-0.1, -0.05) is 23.7 Å². The van der Waals surface area contributed by atoms with Gasteiger partial charge in [-0.15, -0.1) is 0 Å². The van der Waals surface area contributed by atoms with Crippen LogP contribution in [0.1, 0.15) is 19.4 Å². The maximum Gasteiger partial charge on any atom is 0.0922 e. The van der Waals surface area contributed by atoms with Gasteiger partial charge in [0.2, 0.25) is 0 Å². The van der Waals surface area contributed by atoms with Crippen molar-refractivity contribution in [2.24, 2.45) is 0 Å². The Hall–Kier alpha value is -0.530. The third-order valence-corrected chi connectivity index (χ3v) is 2.31. The summed E-state index contributed by atoms with van der Waals surface area (Å²) >= 11 is 5.87. The van der Waals surface area contributed by atoms with Crippen molar-refractivity contribution in [2.45, 2.75) is 19.4 Å². The lowest BCUT2D eigenvalue weighted by molar-refractivity contribution is -0.677. The molecule has 12 heavy (non-hydrogen) atoms. The lowest BCUT2D eigenvalue weighted by Crippen LogP contribution is -2.87. The van der Waals surface area contributed by atoms with Crippen LogP contribution in [0.4, 0.5) is 0 Å². The lowest BCUT2D eigenvalue weighted by Gasteiger charge is -2.24. The maximum absolute atomic E-state index is 5.87. The van der Waals surface area contributed by atoms with Crippen molar-refractivity contribution in [3.8, 4) is 0 Å². The molecule has 1 nitrogen and oxygen atoms in total. The topological polar surface area (TPSA) is 16.6 Å². The molecule has 0 atom stereocenters. The molecule has 0 fully saturated rings. The molecule has 0 bridgehead atoms. The molecule has 1 aromatic carbocycles. The summed E-state index contributed by atoms with van der Waals surface area (Å²) in [6, 6.07) is 7.88. The van der Waals surface area contributed by atoms with Crippen LogP contribution in [-0.2, 0) is 5.54 Å². The average Bonchev–Trinajstić information content (AvgIpc) is 2.05. The smallest absolute Gasteiger partial charge is 0.0922 e. The summed E-state index contributed by atoms with van der Waals surface area (Å²) < 4.78 is 0. The minimum atomic E-state index is 0.00486. The molecule has 2 heteroatoms. The molecule has 1 rings (SSSR count). The van der Waals surface area contributed by atoms with E-state index in [1.165, 1.54) is 5.56 Å². The maximum atomic E-state index is 5.87. The Kier molecular flexibility index (Phi) is 2.76. The number of halogens is 1. The predicted octanol–water partition coefficient (Wildman–Crippen LogP) is 1.93. The molecule has 0 aliphatic rings. The van der Waals surface area contributed by atoms with Crippen LogP contribution < -0.4 is 5.32 Å². The first-order valence-corrected chi connectivity index (χ1v) is 4.34. The monoisotopic (exact) mass is 183 g/mol. The first-order valence-electron chi connectivity index (χ1n) is 3.96. The Bertz CT molecular complexity index is 268. The number of nitrogens with two attached hydrogens (primary N) is 1. The quantitative estimate of drug-likeness (QED) is 0.675. The average molecular weight is 184 g/mol. The van der Waals surface area contributed by atoms with Crippen molar-refractivity contribution in [3.05, 3.63) is 41.9 Å². The van der Waals surface area contributed by atoms with Crippen molar-refractivity contribution in [1.29, 1.82) is 0 Å². The van der Waals surface area contributed by atoms with Crippen LogP contribution in [0.25, 0.3) is 0 Å². The van der Waals surface area contributed by atoms with Gasteiger partial charge in [0.05, 0.1) is 5.54 Å². The van der Waals surface area contributed by atoms with E-state index in [0.29, 0.717) is 0 Å². The second kappa shape index (κ2) is 3.46. The Morgan fingerprint density at radius 1 is 1.42 bits per heavy atom. The van der Waals surface area contributed by atoms with Gasteiger partial charge >= 0.3 is 0 Å². The van der Waals surface area contributed by atoms with Gasteiger partial charge in [0, 0.05) is 10.6 Å². The van der Waals surface area contributed by atoms with Crippen LogP contribution in [-0.4, -0.2) is 0 Å². The highest BCUT2D eigenvalue weighted by atomic mass is 35.5. The largest absolute Gasteiger partial charge is 0.471 e. The van der Waals surface area contributed by atoms with Crippen molar-refractivity contribution in [1.82, 2.24) is 0 Å². The van der Waals surface area contributed by atoms with E-state index in [4.69, 9.17) is 11.6 Å². The first-order chi connectivity index (χ1) is 5.56. The molecular weight excluding hydrogens is 170 g/mol. The Morgan fingerprint density at radius 3 is 2.58 bits per heavy atom.